The van der Waals surface area contributed by atoms with Crippen LogP contribution in [-0.4, -0.2) is 27.3 Å². The molecule has 0 aliphatic heterocycles. The molecule has 1 aromatic heterocycles. The number of thiophene rings is 1. The average molecular weight is 480 g/mol. The highest BCUT2D eigenvalue weighted by Gasteiger charge is 2.22. The van der Waals surface area contributed by atoms with Crippen LogP contribution < -0.4 is 20.3 Å². The Morgan fingerprint density at radius 2 is 1.71 bits per heavy atom. The molecule has 3 N–H and O–H groups in total. The number of carbonyl (C=O) groups is 2. The molecule has 1 heterocycles. The third kappa shape index (κ3) is 5.35. The minimum Gasteiger partial charge on any atom is -0.495 e. The summed E-state index contributed by atoms with van der Waals surface area (Å²) in [6.07, 6.45) is 0. The van der Waals surface area contributed by atoms with E-state index in [1.54, 1.807) is 30.3 Å². The molecule has 0 saturated carbocycles. The second-order valence-corrected chi connectivity index (χ2v) is 9.62. The molecule has 2 amide bonds. The van der Waals surface area contributed by atoms with Crippen molar-refractivity contribution < 1.29 is 22.7 Å². The number of hydrogen-bond donors (Lipinski definition) is 3. The van der Waals surface area contributed by atoms with Gasteiger partial charge in [0.15, 0.2) is 0 Å². The highest BCUT2D eigenvalue weighted by atomic mass is 35.5. The molecule has 3 rings (SSSR count). The molecule has 0 aliphatic rings. The van der Waals surface area contributed by atoms with E-state index in [9.17, 15) is 18.0 Å². The van der Waals surface area contributed by atoms with Gasteiger partial charge in [0.2, 0.25) is 0 Å². The number of rotatable bonds is 6. The highest BCUT2D eigenvalue weighted by molar-refractivity contribution is 7.92. The lowest BCUT2D eigenvalue weighted by Crippen LogP contribution is -2.41. The molecule has 0 radical (unpaired) electrons. The van der Waals surface area contributed by atoms with Gasteiger partial charge in [0, 0.05) is 10.4 Å². The van der Waals surface area contributed by atoms with Crippen LogP contribution in [0.25, 0.3) is 0 Å². The largest absolute Gasteiger partial charge is 0.495 e. The predicted molar refractivity (Wildman–Crippen MR) is 119 cm³/mol. The molecule has 162 valence electrons. The van der Waals surface area contributed by atoms with Crippen LogP contribution in [-0.2, 0) is 10.0 Å². The van der Waals surface area contributed by atoms with Crippen molar-refractivity contribution in [3.05, 3.63) is 74.9 Å². The molecule has 0 unspecified atom stereocenters. The fourth-order valence-electron chi connectivity index (χ4n) is 2.58. The van der Waals surface area contributed by atoms with Gasteiger partial charge < -0.3 is 4.74 Å². The monoisotopic (exact) mass is 479 g/mol. The predicted octanol–water partition coefficient (Wildman–Crippen LogP) is 3.59. The summed E-state index contributed by atoms with van der Waals surface area (Å²) in [5.41, 5.74) is 4.77. The number of ether oxygens (including phenoxy) is 1. The van der Waals surface area contributed by atoms with Gasteiger partial charge in [-0.15, -0.1) is 11.3 Å². The van der Waals surface area contributed by atoms with Crippen LogP contribution in [0.1, 0.15) is 24.9 Å². The number of amides is 2. The molecule has 2 aromatic carbocycles. The number of para-hydroxylation sites is 2. The van der Waals surface area contributed by atoms with Crippen molar-refractivity contribution in [2.45, 2.75) is 11.8 Å². The van der Waals surface area contributed by atoms with Crippen molar-refractivity contribution in [1.29, 1.82) is 0 Å². The molecule has 11 heteroatoms. The fourth-order valence-corrected chi connectivity index (χ4v) is 4.94. The Kier molecular flexibility index (Phi) is 6.84. The number of anilines is 1. The van der Waals surface area contributed by atoms with Crippen molar-refractivity contribution in [3.63, 3.8) is 0 Å². The number of benzene rings is 2. The van der Waals surface area contributed by atoms with Crippen molar-refractivity contribution in [3.8, 4) is 5.75 Å². The van der Waals surface area contributed by atoms with E-state index in [0.29, 0.717) is 10.6 Å². The Morgan fingerprint density at radius 1 is 1.00 bits per heavy atom. The zero-order valence-corrected chi connectivity index (χ0v) is 18.8. The summed E-state index contributed by atoms with van der Waals surface area (Å²) in [7, 11) is -2.72. The molecule has 0 atom stereocenters. The number of hydrazine groups is 1. The molecule has 31 heavy (non-hydrogen) atoms. The summed E-state index contributed by atoms with van der Waals surface area (Å²) in [5, 5.41) is -0.0722. The normalized spacial score (nSPS) is 10.9. The number of nitrogens with one attached hydrogen (secondary N) is 3. The minimum absolute atomic E-state index is 0.00698. The van der Waals surface area contributed by atoms with E-state index in [1.807, 2.05) is 6.92 Å². The lowest BCUT2D eigenvalue weighted by molar-refractivity contribution is 0.0849. The molecule has 0 aliphatic carbocycles. The van der Waals surface area contributed by atoms with Crippen LogP contribution in [0.5, 0.6) is 5.75 Å². The molecular formula is C20H18ClN3O5S2. The van der Waals surface area contributed by atoms with Crippen molar-refractivity contribution in [2.75, 3.05) is 11.8 Å². The number of carbonyl (C=O) groups excluding carboxylic acids is 2. The van der Waals surface area contributed by atoms with Gasteiger partial charge in [0.25, 0.3) is 21.8 Å². The zero-order valence-electron chi connectivity index (χ0n) is 16.4. The van der Waals surface area contributed by atoms with Gasteiger partial charge in [-0.1, -0.05) is 23.7 Å². The first-order valence-corrected chi connectivity index (χ1v) is 11.5. The van der Waals surface area contributed by atoms with E-state index in [0.717, 1.165) is 10.9 Å². The molecule has 0 spiro atoms. The summed E-state index contributed by atoms with van der Waals surface area (Å²) in [6.45, 7) is 1.86. The zero-order chi connectivity index (χ0) is 22.6. The van der Waals surface area contributed by atoms with E-state index < -0.39 is 21.8 Å². The van der Waals surface area contributed by atoms with Gasteiger partial charge in [0.1, 0.15) is 10.6 Å². The molecule has 8 nitrogen and oxygen atoms in total. The second-order valence-electron chi connectivity index (χ2n) is 6.27. The van der Waals surface area contributed by atoms with Crippen LogP contribution in [0.3, 0.4) is 0 Å². The van der Waals surface area contributed by atoms with Gasteiger partial charge >= 0.3 is 0 Å². The summed E-state index contributed by atoms with van der Waals surface area (Å²) in [5.74, 6) is -0.860. The van der Waals surface area contributed by atoms with E-state index in [-0.39, 0.29) is 21.2 Å². The number of methoxy groups -OCH3 is 1. The molecule has 3 aromatic rings. The van der Waals surface area contributed by atoms with E-state index in [2.05, 4.69) is 15.6 Å². The maximum Gasteiger partial charge on any atom is 0.279 e. The maximum absolute atomic E-state index is 12.9. The van der Waals surface area contributed by atoms with Gasteiger partial charge in [-0.05, 0) is 49.4 Å². The van der Waals surface area contributed by atoms with E-state index in [4.69, 9.17) is 16.3 Å². The smallest absolute Gasteiger partial charge is 0.279 e. The lowest BCUT2D eigenvalue weighted by Gasteiger charge is -2.13. The molecular weight excluding hydrogens is 462 g/mol. The van der Waals surface area contributed by atoms with Crippen molar-refractivity contribution >= 4 is 50.5 Å². The molecule has 0 saturated heterocycles. The van der Waals surface area contributed by atoms with Gasteiger partial charge in [0.05, 0.1) is 22.7 Å². The fraction of sp³-hybridized carbons (Fsp3) is 0.100. The quantitative estimate of drug-likeness (QED) is 0.467. The second kappa shape index (κ2) is 9.38. The lowest BCUT2D eigenvalue weighted by atomic mass is 10.2. The van der Waals surface area contributed by atoms with Crippen LogP contribution in [0.2, 0.25) is 5.02 Å². The number of aryl methyl sites for hydroxylation is 1. The first-order valence-electron chi connectivity index (χ1n) is 8.84. The molecule has 0 fully saturated rings. The van der Waals surface area contributed by atoms with Crippen LogP contribution in [0.4, 0.5) is 5.69 Å². The van der Waals surface area contributed by atoms with Gasteiger partial charge in [-0.3, -0.25) is 25.2 Å². The maximum atomic E-state index is 12.9. The van der Waals surface area contributed by atoms with Gasteiger partial charge in [-0.2, -0.15) is 0 Å². The Morgan fingerprint density at radius 3 is 2.39 bits per heavy atom. The topological polar surface area (TPSA) is 114 Å². The minimum atomic E-state index is -4.13. The highest BCUT2D eigenvalue weighted by Crippen LogP contribution is 2.29. The summed E-state index contributed by atoms with van der Waals surface area (Å²) < 4.78 is 33.3. The third-order valence-electron chi connectivity index (χ3n) is 4.09. The Labute approximate surface area is 188 Å². The standard InChI is InChI=1S/C20H18ClN3O5S2/c1-12-7-10-17(30-12)20(26)23-22-19(25)13-8-9-14(21)18(11-13)31(27,28)24-15-5-3-4-6-16(15)29-2/h3-11,24H,1-2H3,(H,22,25)(H,23,26). The third-order valence-corrected chi connectivity index (χ3v) is 6.93. The summed E-state index contributed by atoms with van der Waals surface area (Å²) in [4.78, 5) is 25.6. The number of sulfonamides is 1. The number of hydrogen-bond acceptors (Lipinski definition) is 6. The van der Waals surface area contributed by atoms with Crippen LogP contribution in [0.15, 0.2) is 59.5 Å². The molecule has 0 bridgehead atoms. The van der Waals surface area contributed by atoms with Crippen LogP contribution in [0, 0.1) is 6.92 Å². The summed E-state index contributed by atoms with van der Waals surface area (Å²) >= 11 is 7.36. The van der Waals surface area contributed by atoms with Crippen molar-refractivity contribution in [2.24, 2.45) is 0 Å². The van der Waals surface area contributed by atoms with Crippen molar-refractivity contribution in [1.82, 2.24) is 10.9 Å². The Bertz CT molecular complexity index is 1240. The average Bonchev–Trinajstić information content (AvgIpc) is 3.18. The Hall–Kier alpha value is -3.08. The number of halogens is 1. The van der Waals surface area contributed by atoms with E-state index >= 15 is 0 Å². The first-order chi connectivity index (χ1) is 14.7. The SMILES string of the molecule is COc1ccccc1NS(=O)(=O)c1cc(C(=O)NNC(=O)c2ccc(C)s2)ccc1Cl. The Balaban J connectivity index is 1.78. The van der Waals surface area contributed by atoms with Gasteiger partial charge in [-0.25, -0.2) is 8.42 Å². The summed E-state index contributed by atoms with van der Waals surface area (Å²) in [6, 6.07) is 13.6. The first kappa shape index (κ1) is 22.6. The van der Waals surface area contributed by atoms with E-state index in [1.165, 1.54) is 36.6 Å². The van der Waals surface area contributed by atoms with Crippen LogP contribution >= 0.6 is 22.9 Å².